The van der Waals surface area contributed by atoms with Gasteiger partial charge < -0.3 is 26.6 Å². The second-order valence-corrected chi connectivity index (χ2v) is 14.8. The fraction of sp³-hybridized carbons (Fsp3) is 0.963. The van der Waals surface area contributed by atoms with Crippen LogP contribution in [0.15, 0.2) is 0 Å². The predicted octanol–water partition coefficient (Wildman–Crippen LogP) is 7.05. The first kappa shape index (κ1) is 35.9. The molecule has 0 heterocycles. The van der Waals surface area contributed by atoms with Crippen molar-refractivity contribution in [2.75, 3.05) is 39.6 Å². The smallest absolute Gasteiger partial charge is 0.374 e. The lowest BCUT2D eigenvalue weighted by Gasteiger charge is -2.28. The highest BCUT2D eigenvalue weighted by Crippen LogP contribution is 2.24. The van der Waals surface area contributed by atoms with E-state index in [4.69, 9.17) is 26.6 Å². The van der Waals surface area contributed by atoms with Crippen LogP contribution in [0, 0.1) is 11.8 Å². The molecule has 0 spiro atoms. The molecule has 0 aromatic carbocycles. The lowest BCUT2D eigenvalue weighted by molar-refractivity contribution is -0.126. The molecule has 0 aliphatic carbocycles. The largest absolute Gasteiger partial charge is 0.500 e. The van der Waals surface area contributed by atoms with E-state index in [2.05, 4.69) is 13.8 Å². The van der Waals surface area contributed by atoms with Crippen molar-refractivity contribution >= 4 is 23.4 Å². The minimum absolute atomic E-state index is 0.113. The Morgan fingerprint density at radius 2 is 0.778 bits per heavy atom. The van der Waals surface area contributed by atoms with E-state index >= 15 is 0 Å². The maximum atomic E-state index is 12.9. The molecule has 36 heavy (non-hydrogen) atoms. The molecule has 9 heteroatoms. The molecule has 7 nitrogen and oxygen atoms in total. The lowest BCUT2D eigenvalue weighted by atomic mass is 9.88. The van der Waals surface area contributed by atoms with Gasteiger partial charge >= 0.3 is 17.6 Å². The van der Waals surface area contributed by atoms with Gasteiger partial charge in [-0.1, -0.05) is 39.5 Å². The molecule has 0 amide bonds. The van der Waals surface area contributed by atoms with Gasteiger partial charge in [0.25, 0.3) is 0 Å². The van der Waals surface area contributed by atoms with Gasteiger partial charge in [0.1, 0.15) is 5.78 Å². The highest BCUT2D eigenvalue weighted by atomic mass is 28.4. The summed E-state index contributed by atoms with van der Waals surface area (Å²) in [5.41, 5.74) is 0. The zero-order chi connectivity index (χ0) is 27.3. The molecule has 0 aromatic rings. The normalized spacial score (nSPS) is 14.2. The quantitative estimate of drug-likeness (QED) is 0.0844. The molecule has 0 aromatic heterocycles. The summed E-state index contributed by atoms with van der Waals surface area (Å²) >= 11 is 0. The van der Waals surface area contributed by atoms with Crippen molar-refractivity contribution in [1.82, 2.24) is 0 Å². The summed E-state index contributed by atoms with van der Waals surface area (Å²) in [4.78, 5) is 12.9. The minimum Gasteiger partial charge on any atom is -0.374 e. The number of Topliss-reactive ketones (excluding diaryl/α,β-unsaturated/α-hetero) is 1. The number of rotatable bonds is 26. The van der Waals surface area contributed by atoms with Crippen LogP contribution in [-0.4, -0.2) is 63.0 Å². The molecule has 216 valence electrons. The summed E-state index contributed by atoms with van der Waals surface area (Å²) in [6, 6.07) is 1.70. The van der Waals surface area contributed by atoms with Gasteiger partial charge in [0.05, 0.1) is 0 Å². The summed E-state index contributed by atoms with van der Waals surface area (Å²) in [6.45, 7) is 19.8. The molecule has 0 bridgehead atoms. The van der Waals surface area contributed by atoms with Crippen molar-refractivity contribution in [2.24, 2.45) is 11.8 Å². The molecule has 0 aliphatic rings. The minimum atomic E-state index is -2.55. The predicted molar refractivity (Wildman–Crippen MR) is 151 cm³/mol. The fourth-order valence-electron chi connectivity index (χ4n) is 4.71. The Balaban J connectivity index is 4.32. The van der Waals surface area contributed by atoms with E-state index in [-0.39, 0.29) is 11.8 Å². The molecule has 0 aliphatic heterocycles. The number of carbonyl (C=O) groups is 1. The molecular formula is C27H58O7Si2. The Morgan fingerprint density at radius 3 is 1.03 bits per heavy atom. The number of hydrogen-bond acceptors (Lipinski definition) is 7. The van der Waals surface area contributed by atoms with Gasteiger partial charge in [-0.15, -0.1) is 0 Å². The third-order valence-electron chi connectivity index (χ3n) is 6.40. The maximum Gasteiger partial charge on any atom is 0.500 e. The first-order chi connectivity index (χ1) is 17.3. The van der Waals surface area contributed by atoms with Gasteiger partial charge in [0.2, 0.25) is 0 Å². The van der Waals surface area contributed by atoms with Crippen LogP contribution in [0.5, 0.6) is 0 Å². The highest BCUT2D eigenvalue weighted by molar-refractivity contribution is 6.61. The molecule has 0 fully saturated rings. The molecule has 0 saturated heterocycles. The van der Waals surface area contributed by atoms with E-state index in [1.54, 1.807) is 0 Å². The molecule has 2 atom stereocenters. The van der Waals surface area contributed by atoms with Crippen LogP contribution in [-0.2, 0) is 31.4 Å². The molecular weight excluding hydrogens is 492 g/mol. The van der Waals surface area contributed by atoms with Crippen LogP contribution >= 0.6 is 0 Å². The summed E-state index contributed by atoms with van der Waals surface area (Å²) in [5, 5.41) is 0. The first-order valence-corrected chi connectivity index (χ1v) is 18.5. The van der Waals surface area contributed by atoms with Gasteiger partial charge in [-0.05, 0) is 67.2 Å². The van der Waals surface area contributed by atoms with E-state index in [0.29, 0.717) is 45.4 Å². The maximum absolute atomic E-state index is 12.9. The van der Waals surface area contributed by atoms with Gasteiger partial charge in [-0.3, -0.25) is 4.79 Å². The monoisotopic (exact) mass is 550 g/mol. The topological polar surface area (TPSA) is 72.5 Å². The molecule has 0 N–H and O–H groups in total. The van der Waals surface area contributed by atoms with Crippen molar-refractivity contribution in [1.29, 1.82) is 0 Å². The van der Waals surface area contributed by atoms with E-state index in [9.17, 15) is 4.79 Å². The van der Waals surface area contributed by atoms with E-state index in [0.717, 1.165) is 63.5 Å². The van der Waals surface area contributed by atoms with Crippen molar-refractivity contribution in [3.05, 3.63) is 0 Å². The average Bonchev–Trinajstić information content (AvgIpc) is 2.84. The summed E-state index contributed by atoms with van der Waals surface area (Å²) in [5.74, 6) is 0.626. The van der Waals surface area contributed by atoms with Crippen molar-refractivity contribution in [2.45, 2.75) is 119 Å². The SMILES string of the molecule is CCO[Si](CCCCCC(C)C(=O)C(C)CCCCC[Si](OCC)(OCC)OCC)(OCC)OCC. The van der Waals surface area contributed by atoms with Crippen LogP contribution in [0.1, 0.15) is 107 Å². The zero-order valence-electron chi connectivity index (χ0n) is 24.8. The van der Waals surface area contributed by atoms with Gasteiger partial charge in [-0.25, -0.2) is 0 Å². The Morgan fingerprint density at radius 1 is 0.500 bits per heavy atom. The number of unbranched alkanes of at least 4 members (excludes halogenated alkanes) is 4. The van der Waals surface area contributed by atoms with E-state index < -0.39 is 17.6 Å². The van der Waals surface area contributed by atoms with Crippen molar-refractivity contribution < 1.29 is 31.4 Å². The number of carbonyl (C=O) groups excluding carboxylic acids is 1. The highest BCUT2D eigenvalue weighted by Gasteiger charge is 2.40. The van der Waals surface area contributed by atoms with E-state index in [1.807, 2.05) is 41.5 Å². The second-order valence-electron chi connectivity index (χ2n) is 9.37. The first-order valence-electron chi connectivity index (χ1n) is 14.7. The fourth-order valence-corrected chi connectivity index (χ4v) is 10.1. The molecule has 0 rings (SSSR count). The standard InChI is InChI=1S/C27H58O7Si2/c1-9-29-35(30-10-2,31-11-3)23-19-15-17-21-25(7)27(28)26(8)22-18-16-20-24-36(32-12-4,33-13-5)34-14-6/h25-26H,9-24H2,1-8H3. The average molecular weight is 551 g/mol. The third-order valence-corrected chi connectivity index (χ3v) is 12.7. The summed E-state index contributed by atoms with van der Waals surface area (Å²) in [6.07, 6.45) is 8.15. The van der Waals surface area contributed by atoms with Crippen LogP contribution in [0.2, 0.25) is 12.1 Å². The zero-order valence-corrected chi connectivity index (χ0v) is 26.8. The van der Waals surface area contributed by atoms with Crippen LogP contribution in [0.3, 0.4) is 0 Å². The molecule has 0 radical (unpaired) electrons. The Bertz CT molecular complexity index is 458. The van der Waals surface area contributed by atoms with E-state index in [1.165, 1.54) is 0 Å². The van der Waals surface area contributed by atoms with Crippen LogP contribution < -0.4 is 0 Å². The Kier molecular flexibility index (Phi) is 21.7. The molecule has 2 unspecified atom stereocenters. The number of ketones is 1. The summed E-state index contributed by atoms with van der Waals surface area (Å²) in [7, 11) is -5.10. The third kappa shape index (κ3) is 14.7. The van der Waals surface area contributed by atoms with Gasteiger partial charge in [-0.2, -0.15) is 0 Å². The summed E-state index contributed by atoms with van der Waals surface area (Å²) < 4.78 is 35.6. The van der Waals surface area contributed by atoms with Crippen LogP contribution in [0.25, 0.3) is 0 Å². The molecule has 0 saturated carbocycles. The lowest BCUT2D eigenvalue weighted by Crippen LogP contribution is -2.45. The van der Waals surface area contributed by atoms with Crippen molar-refractivity contribution in [3.63, 3.8) is 0 Å². The van der Waals surface area contributed by atoms with Gasteiger partial charge in [0, 0.05) is 63.6 Å². The Hall–Kier alpha value is -0.136. The number of hydrogen-bond donors (Lipinski definition) is 0. The van der Waals surface area contributed by atoms with Crippen LogP contribution in [0.4, 0.5) is 0 Å². The van der Waals surface area contributed by atoms with Crippen molar-refractivity contribution in [3.8, 4) is 0 Å². The Labute approximate surface area is 225 Å². The van der Waals surface area contributed by atoms with Gasteiger partial charge in [0.15, 0.2) is 0 Å². The second kappa shape index (κ2) is 21.8.